The monoisotopic (exact) mass is 366 g/mol. The normalized spacial score (nSPS) is 17.4. The molecule has 2 aliphatic rings. The molecule has 0 aromatic heterocycles. The molecule has 6 nitrogen and oxygen atoms in total. The zero-order valence-corrected chi connectivity index (χ0v) is 15.2. The molecule has 6 heteroatoms. The predicted molar refractivity (Wildman–Crippen MR) is 101 cm³/mol. The maximum Gasteiger partial charge on any atom is 0.265 e. The Kier molecular flexibility index (Phi) is 4.48. The third-order valence-corrected chi connectivity index (χ3v) is 5.32. The number of carbonyl (C=O) groups is 2. The summed E-state index contributed by atoms with van der Waals surface area (Å²) in [5.41, 5.74) is 1.28. The summed E-state index contributed by atoms with van der Waals surface area (Å²) >= 11 is 0. The number of rotatable bonds is 5. The van der Waals surface area contributed by atoms with Crippen molar-refractivity contribution in [3.8, 4) is 11.5 Å². The van der Waals surface area contributed by atoms with Gasteiger partial charge in [0.05, 0.1) is 18.3 Å². The van der Waals surface area contributed by atoms with Crippen LogP contribution in [-0.4, -0.2) is 32.1 Å². The second kappa shape index (κ2) is 6.95. The van der Waals surface area contributed by atoms with E-state index in [0.717, 1.165) is 30.6 Å². The smallest absolute Gasteiger partial charge is 0.265 e. The Bertz CT molecular complexity index is 876. The van der Waals surface area contributed by atoms with E-state index in [1.54, 1.807) is 19.2 Å². The molecule has 2 amide bonds. The topological polar surface area (TPSA) is 67.9 Å². The molecule has 1 N–H and O–H groups in total. The maximum absolute atomic E-state index is 12.8. The summed E-state index contributed by atoms with van der Waals surface area (Å²) < 4.78 is 10.8. The molecule has 4 rings (SSSR count). The SMILES string of the molecule is COc1cccc(C2(NC(=O)CN3C(=O)COc4ccccc43)CCC2)c1. The zero-order chi connectivity index (χ0) is 18.9. The molecule has 140 valence electrons. The first-order valence-corrected chi connectivity index (χ1v) is 9.09. The van der Waals surface area contributed by atoms with E-state index < -0.39 is 0 Å². The first kappa shape index (κ1) is 17.4. The summed E-state index contributed by atoms with van der Waals surface area (Å²) in [6.45, 7) is -0.0732. The van der Waals surface area contributed by atoms with Gasteiger partial charge in [-0.3, -0.25) is 14.5 Å². The van der Waals surface area contributed by atoms with E-state index in [9.17, 15) is 9.59 Å². The summed E-state index contributed by atoms with van der Waals surface area (Å²) in [7, 11) is 1.63. The largest absolute Gasteiger partial charge is 0.497 e. The number of anilines is 1. The Hall–Kier alpha value is -3.02. The lowest BCUT2D eigenvalue weighted by atomic mass is 9.71. The van der Waals surface area contributed by atoms with Crippen LogP contribution in [-0.2, 0) is 15.1 Å². The number of amides is 2. The van der Waals surface area contributed by atoms with Crippen molar-refractivity contribution in [1.82, 2.24) is 5.32 Å². The van der Waals surface area contributed by atoms with Crippen LogP contribution in [0.4, 0.5) is 5.69 Å². The van der Waals surface area contributed by atoms with Gasteiger partial charge in [-0.15, -0.1) is 0 Å². The molecule has 27 heavy (non-hydrogen) atoms. The number of carbonyl (C=O) groups excluding carboxylic acids is 2. The summed E-state index contributed by atoms with van der Waals surface area (Å²) in [6.07, 6.45) is 2.80. The molecular weight excluding hydrogens is 344 g/mol. The number of hydrogen-bond acceptors (Lipinski definition) is 4. The fourth-order valence-corrected chi connectivity index (χ4v) is 3.71. The minimum absolute atomic E-state index is 0.0229. The van der Waals surface area contributed by atoms with Crippen molar-refractivity contribution in [2.75, 3.05) is 25.2 Å². The van der Waals surface area contributed by atoms with Crippen LogP contribution in [0, 0.1) is 0 Å². The first-order valence-electron chi connectivity index (χ1n) is 9.09. The Morgan fingerprint density at radius 2 is 2.04 bits per heavy atom. The number of hydrogen-bond donors (Lipinski definition) is 1. The van der Waals surface area contributed by atoms with Crippen LogP contribution in [0.15, 0.2) is 48.5 Å². The van der Waals surface area contributed by atoms with Gasteiger partial charge in [-0.25, -0.2) is 0 Å². The minimum Gasteiger partial charge on any atom is -0.497 e. The molecule has 0 radical (unpaired) electrons. The van der Waals surface area contributed by atoms with Gasteiger partial charge in [-0.2, -0.15) is 0 Å². The maximum atomic E-state index is 12.8. The highest BCUT2D eigenvalue weighted by molar-refractivity contribution is 6.02. The third-order valence-electron chi connectivity index (χ3n) is 5.32. The van der Waals surface area contributed by atoms with Gasteiger partial charge < -0.3 is 14.8 Å². The predicted octanol–water partition coefficient (Wildman–Crippen LogP) is 2.62. The van der Waals surface area contributed by atoms with Crippen molar-refractivity contribution < 1.29 is 19.1 Å². The second-order valence-electron chi connectivity index (χ2n) is 6.95. The van der Waals surface area contributed by atoms with Crippen molar-refractivity contribution in [2.45, 2.75) is 24.8 Å². The molecule has 0 bridgehead atoms. The Labute approximate surface area is 158 Å². The number of nitrogens with one attached hydrogen (secondary N) is 1. The number of benzene rings is 2. The summed E-state index contributed by atoms with van der Waals surface area (Å²) in [5.74, 6) is 0.997. The average molecular weight is 366 g/mol. The van der Waals surface area contributed by atoms with Crippen molar-refractivity contribution in [3.63, 3.8) is 0 Å². The highest BCUT2D eigenvalue weighted by Gasteiger charge is 2.41. The Morgan fingerprint density at radius 1 is 1.22 bits per heavy atom. The molecule has 1 aliphatic carbocycles. The molecule has 1 heterocycles. The van der Waals surface area contributed by atoms with Gasteiger partial charge in [-0.1, -0.05) is 24.3 Å². The minimum atomic E-state index is -0.388. The van der Waals surface area contributed by atoms with Crippen LogP contribution in [0.5, 0.6) is 11.5 Å². The molecule has 2 aromatic carbocycles. The van der Waals surface area contributed by atoms with Crippen LogP contribution in [0.25, 0.3) is 0 Å². The molecule has 1 fully saturated rings. The van der Waals surface area contributed by atoms with Gasteiger partial charge in [0.25, 0.3) is 5.91 Å². The van der Waals surface area contributed by atoms with Gasteiger partial charge in [0.2, 0.25) is 5.91 Å². The van der Waals surface area contributed by atoms with Crippen LogP contribution < -0.4 is 19.7 Å². The number of fused-ring (bicyclic) bond motifs is 1. The molecule has 0 spiro atoms. The van der Waals surface area contributed by atoms with Crippen LogP contribution >= 0.6 is 0 Å². The highest BCUT2D eigenvalue weighted by Crippen LogP contribution is 2.42. The van der Waals surface area contributed by atoms with E-state index in [-0.39, 0.29) is 30.5 Å². The second-order valence-corrected chi connectivity index (χ2v) is 6.95. The molecule has 1 aliphatic heterocycles. The number of methoxy groups -OCH3 is 1. The quantitative estimate of drug-likeness (QED) is 0.883. The lowest BCUT2D eigenvalue weighted by Gasteiger charge is -2.43. The number of para-hydroxylation sites is 2. The molecule has 0 atom stereocenters. The van der Waals surface area contributed by atoms with E-state index >= 15 is 0 Å². The zero-order valence-electron chi connectivity index (χ0n) is 15.2. The number of ether oxygens (including phenoxy) is 2. The summed E-state index contributed by atoms with van der Waals surface area (Å²) in [4.78, 5) is 26.6. The van der Waals surface area contributed by atoms with Crippen LogP contribution in [0.2, 0.25) is 0 Å². The fraction of sp³-hybridized carbons (Fsp3) is 0.333. The molecule has 2 aromatic rings. The first-order chi connectivity index (χ1) is 13.1. The Balaban J connectivity index is 1.52. The van der Waals surface area contributed by atoms with Crippen LogP contribution in [0.1, 0.15) is 24.8 Å². The van der Waals surface area contributed by atoms with E-state index in [1.165, 1.54) is 4.90 Å². The van der Waals surface area contributed by atoms with E-state index in [0.29, 0.717) is 11.4 Å². The lowest BCUT2D eigenvalue weighted by molar-refractivity contribution is -0.127. The molecule has 1 saturated carbocycles. The van der Waals surface area contributed by atoms with E-state index in [4.69, 9.17) is 9.47 Å². The van der Waals surface area contributed by atoms with Crippen molar-refractivity contribution >= 4 is 17.5 Å². The highest BCUT2D eigenvalue weighted by atomic mass is 16.5. The van der Waals surface area contributed by atoms with E-state index in [1.807, 2.05) is 36.4 Å². The molecular formula is C21H22N2O4. The van der Waals surface area contributed by atoms with Gasteiger partial charge in [0.1, 0.15) is 18.0 Å². The summed E-state index contributed by atoms with van der Waals surface area (Å²) in [5, 5.41) is 3.17. The van der Waals surface area contributed by atoms with E-state index in [2.05, 4.69) is 5.32 Å². The van der Waals surface area contributed by atoms with Crippen molar-refractivity contribution in [3.05, 3.63) is 54.1 Å². The van der Waals surface area contributed by atoms with Crippen molar-refractivity contribution in [1.29, 1.82) is 0 Å². The van der Waals surface area contributed by atoms with Gasteiger partial charge in [0, 0.05) is 0 Å². The Morgan fingerprint density at radius 3 is 2.78 bits per heavy atom. The van der Waals surface area contributed by atoms with Crippen molar-refractivity contribution in [2.24, 2.45) is 0 Å². The average Bonchev–Trinajstić information content (AvgIpc) is 2.67. The third kappa shape index (κ3) is 3.23. The van der Waals surface area contributed by atoms with Gasteiger partial charge in [-0.05, 0) is 49.1 Å². The molecule has 0 saturated heterocycles. The number of nitrogens with zero attached hydrogens (tertiary/aromatic N) is 1. The molecule has 0 unspecified atom stereocenters. The van der Waals surface area contributed by atoms with Crippen LogP contribution in [0.3, 0.4) is 0 Å². The van der Waals surface area contributed by atoms with Gasteiger partial charge >= 0.3 is 0 Å². The van der Waals surface area contributed by atoms with Gasteiger partial charge in [0.15, 0.2) is 6.61 Å². The summed E-state index contributed by atoms with van der Waals surface area (Å²) in [6, 6.07) is 15.1. The fourth-order valence-electron chi connectivity index (χ4n) is 3.71. The lowest BCUT2D eigenvalue weighted by Crippen LogP contribution is -2.54. The standard InChI is InChI=1S/C21H22N2O4/c1-26-16-7-4-6-15(12-16)21(10-5-11-21)22-19(24)13-23-17-8-2-3-9-18(17)27-14-20(23)25/h2-4,6-9,12H,5,10-11,13-14H2,1H3,(H,22,24).